The molecule has 21 heavy (non-hydrogen) atoms. The number of hydrogen-bond acceptors (Lipinski definition) is 5. The second-order valence-electron chi connectivity index (χ2n) is 5.55. The minimum Gasteiger partial charge on any atom is -0.486 e. The van der Waals surface area contributed by atoms with Crippen molar-refractivity contribution in [2.75, 3.05) is 0 Å². The standard InChI is InChI=1S/C13H18N4O3S/c1-13(2,3)17-11(15-16-12(17)21(14,18)19)9-20-10-7-5-4-6-8-10/h4-8H,9H2,1-3H3,(H2,14,18,19). The number of rotatable bonds is 4. The first-order valence-electron chi connectivity index (χ1n) is 6.35. The van der Waals surface area contributed by atoms with Gasteiger partial charge < -0.3 is 4.74 Å². The Labute approximate surface area is 123 Å². The van der Waals surface area contributed by atoms with Crippen molar-refractivity contribution in [2.24, 2.45) is 5.14 Å². The number of primary sulfonamides is 1. The van der Waals surface area contributed by atoms with Gasteiger partial charge in [0.15, 0.2) is 5.82 Å². The fourth-order valence-corrected chi connectivity index (χ4v) is 2.70. The molecule has 0 saturated carbocycles. The molecule has 2 rings (SSSR count). The Kier molecular flexibility index (Phi) is 4.02. The highest BCUT2D eigenvalue weighted by Crippen LogP contribution is 2.22. The van der Waals surface area contributed by atoms with Crippen molar-refractivity contribution in [1.29, 1.82) is 0 Å². The lowest BCUT2D eigenvalue weighted by atomic mass is 10.1. The molecule has 0 spiro atoms. The van der Waals surface area contributed by atoms with E-state index < -0.39 is 15.6 Å². The molecular weight excluding hydrogens is 292 g/mol. The Hall–Kier alpha value is -1.93. The third-order valence-corrected chi connectivity index (χ3v) is 3.51. The van der Waals surface area contributed by atoms with Crippen molar-refractivity contribution in [1.82, 2.24) is 14.8 Å². The van der Waals surface area contributed by atoms with Crippen molar-refractivity contribution in [3.05, 3.63) is 36.2 Å². The van der Waals surface area contributed by atoms with Crippen LogP contribution in [0.4, 0.5) is 0 Å². The molecule has 0 aliphatic rings. The molecule has 0 bridgehead atoms. The van der Waals surface area contributed by atoms with Crippen LogP contribution in [0.1, 0.15) is 26.6 Å². The Morgan fingerprint density at radius 2 is 1.81 bits per heavy atom. The molecule has 0 atom stereocenters. The summed E-state index contributed by atoms with van der Waals surface area (Å²) in [6.45, 7) is 5.63. The molecule has 0 saturated heterocycles. The number of aromatic nitrogens is 3. The number of benzene rings is 1. The zero-order valence-corrected chi connectivity index (χ0v) is 13.0. The molecule has 0 amide bonds. The summed E-state index contributed by atoms with van der Waals surface area (Å²) in [4.78, 5) is 0. The van der Waals surface area contributed by atoms with E-state index in [1.165, 1.54) is 4.57 Å². The topological polar surface area (TPSA) is 100 Å². The van der Waals surface area contributed by atoms with Crippen LogP contribution < -0.4 is 9.88 Å². The van der Waals surface area contributed by atoms with Gasteiger partial charge in [-0.25, -0.2) is 13.6 Å². The average Bonchev–Trinajstić information content (AvgIpc) is 2.81. The summed E-state index contributed by atoms with van der Waals surface area (Å²) in [5.74, 6) is 1.06. The van der Waals surface area contributed by atoms with Crippen molar-refractivity contribution < 1.29 is 13.2 Å². The van der Waals surface area contributed by atoms with Gasteiger partial charge in [-0.15, -0.1) is 10.2 Å². The lowest BCUT2D eigenvalue weighted by Gasteiger charge is -2.24. The van der Waals surface area contributed by atoms with Crippen LogP contribution in [-0.2, 0) is 22.2 Å². The molecule has 1 aromatic carbocycles. The van der Waals surface area contributed by atoms with Crippen LogP contribution in [0.3, 0.4) is 0 Å². The summed E-state index contributed by atoms with van der Waals surface area (Å²) < 4.78 is 30.3. The van der Waals surface area contributed by atoms with Crippen LogP contribution in [0, 0.1) is 0 Å². The Balaban J connectivity index is 2.34. The van der Waals surface area contributed by atoms with E-state index >= 15 is 0 Å². The largest absolute Gasteiger partial charge is 0.486 e. The number of sulfonamides is 1. The molecule has 1 aromatic heterocycles. The van der Waals surface area contributed by atoms with Gasteiger partial charge in [0.25, 0.3) is 15.2 Å². The molecule has 0 aliphatic heterocycles. The first kappa shape index (κ1) is 15.5. The van der Waals surface area contributed by atoms with Gasteiger partial charge in [-0.1, -0.05) is 18.2 Å². The fraction of sp³-hybridized carbons (Fsp3) is 0.385. The second kappa shape index (κ2) is 5.45. The Morgan fingerprint density at radius 3 is 2.33 bits per heavy atom. The third-order valence-electron chi connectivity index (χ3n) is 2.74. The van der Waals surface area contributed by atoms with Crippen LogP contribution in [0.25, 0.3) is 0 Å². The monoisotopic (exact) mass is 310 g/mol. The summed E-state index contributed by atoms with van der Waals surface area (Å²) >= 11 is 0. The zero-order valence-electron chi connectivity index (χ0n) is 12.1. The Morgan fingerprint density at radius 1 is 1.19 bits per heavy atom. The maximum absolute atomic E-state index is 11.6. The molecule has 0 aliphatic carbocycles. The van der Waals surface area contributed by atoms with Gasteiger partial charge in [0.1, 0.15) is 12.4 Å². The third kappa shape index (κ3) is 3.59. The summed E-state index contributed by atoms with van der Waals surface area (Å²) in [6, 6.07) is 9.18. The highest BCUT2D eigenvalue weighted by atomic mass is 32.2. The summed E-state index contributed by atoms with van der Waals surface area (Å²) in [5, 5.41) is 12.5. The zero-order chi connectivity index (χ0) is 15.7. The van der Waals surface area contributed by atoms with Crippen molar-refractivity contribution in [3.63, 3.8) is 0 Å². The minimum absolute atomic E-state index is 0.101. The van der Waals surface area contributed by atoms with Gasteiger partial charge in [-0.3, -0.25) is 4.57 Å². The SMILES string of the molecule is CC(C)(C)n1c(COc2ccccc2)nnc1S(N)(=O)=O. The summed E-state index contributed by atoms with van der Waals surface area (Å²) in [6.07, 6.45) is 0. The summed E-state index contributed by atoms with van der Waals surface area (Å²) in [7, 11) is -3.94. The average molecular weight is 310 g/mol. The number of para-hydroxylation sites is 1. The van der Waals surface area contributed by atoms with Gasteiger partial charge in [0.05, 0.1) is 0 Å². The number of nitrogens with two attached hydrogens (primary N) is 1. The lowest BCUT2D eigenvalue weighted by molar-refractivity contribution is 0.264. The fourth-order valence-electron chi connectivity index (χ4n) is 1.92. The van der Waals surface area contributed by atoms with Gasteiger partial charge in [0, 0.05) is 5.54 Å². The van der Waals surface area contributed by atoms with E-state index in [0.717, 1.165) is 0 Å². The predicted molar refractivity (Wildman–Crippen MR) is 77.2 cm³/mol. The normalized spacial score (nSPS) is 12.4. The van der Waals surface area contributed by atoms with Gasteiger partial charge in [0.2, 0.25) is 0 Å². The van der Waals surface area contributed by atoms with Crippen molar-refractivity contribution in [2.45, 2.75) is 38.1 Å². The minimum atomic E-state index is -3.94. The van der Waals surface area contributed by atoms with E-state index in [0.29, 0.717) is 11.6 Å². The molecule has 0 unspecified atom stereocenters. The van der Waals surface area contributed by atoms with Crippen molar-refractivity contribution >= 4 is 10.0 Å². The number of ether oxygens (including phenoxy) is 1. The van der Waals surface area contributed by atoms with Crippen LogP contribution >= 0.6 is 0 Å². The quantitative estimate of drug-likeness (QED) is 0.916. The number of nitrogens with zero attached hydrogens (tertiary/aromatic N) is 3. The van der Waals surface area contributed by atoms with E-state index in [4.69, 9.17) is 9.88 Å². The molecule has 0 fully saturated rings. The lowest BCUT2D eigenvalue weighted by Crippen LogP contribution is -2.30. The maximum atomic E-state index is 11.6. The maximum Gasteiger partial charge on any atom is 0.273 e. The molecule has 1 heterocycles. The van der Waals surface area contributed by atoms with Crippen LogP contribution in [0.5, 0.6) is 5.75 Å². The first-order chi connectivity index (χ1) is 9.69. The molecule has 114 valence electrons. The first-order valence-corrected chi connectivity index (χ1v) is 7.89. The highest BCUT2D eigenvalue weighted by Gasteiger charge is 2.28. The van der Waals surface area contributed by atoms with E-state index in [1.807, 2.05) is 39.0 Å². The molecule has 7 nitrogen and oxygen atoms in total. The molecule has 8 heteroatoms. The van der Waals surface area contributed by atoms with E-state index in [2.05, 4.69) is 10.2 Å². The van der Waals surface area contributed by atoms with E-state index in [-0.39, 0.29) is 11.8 Å². The van der Waals surface area contributed by atoms with Crippen molar-refractivity contribution in [3.8, 4) is 5.75 Å². The van der Waals surface area contributed by atoms with Crippen LogP contribution in [0.15, 0.2) is 35.5 Å². The van der Waals surface area contributed by atoms with Gasteiger partial charge in [-0.2, -0.15) is 0 Å². The second-order valence-corrected chi connectivity index (χ2v) is 7.01. The predicted octanol–water partition coefficient (Wildman–Crippen LogP) is 1.26. The van der Waals surface area contributed by atoms with Gasteiger partial charge in [-0.05, 0) is 32.9 Å². The molecular formula is C13H18N4O3S. The Bertz CT molecular complexity index is 718. The van der Waals surface area contributed by atoms with E-state index in [1.54, 1.807) is 12.1 Å². The van der Waals surface area contributed by atoms with Crippen LogP contribution in [-0.4, -0.2) is 23.2 Å². The van der Waals surface area contributed by atoms with Crippen LogP contribution in [0.2, 0.25) is 0 Å². The molecule has 2 aromatic rings. The smallest absolute Gasteiger partial charge is 0.273 e. The highest BCUT2D eigenvalue weighted by molar-refractivity contribution is 7.89. The van der Waals surface area contributed by atoms with E-state index in [9.17, 15) is 8.42 Å². The molecule has 2 N–H and O–H groups in total. The summed E-state index contributed by atoms with van der Waals surface area (Å²) in [5.41, 5.74) is -0.541. The molecule has 0 radical (unpaired) electrons. The van der Waals surface area contributed by atoms with Gasteiger partial charge >= 0.3 is 0 Å². The number of hydrogen-bond donors (Lipinski definition) is 1.